The van der Waals surface area contributed by atoms with Gasteiger partial charge in [0.1, 0.15) is 5.75 Å². The van der Waals surface area contributed by atoms with Crippen LogP contribution >= 0.6 is 11.8 Å². The lowest BCUT2D eigenvalue weighted by atomic mass is 10.2. The summed E-state index contributed by atoms with van der Waals surface area (Å²) in [6.07, 6.45) is 0. The molecule has 0 aliphatic heterocycles. The minimum atomic E-state index is -1.04. The Hall–Kier alpha value is -2.60. The summed E-state index contributed by atoms with van der Waals surface area (Å²) in [4.78, 5) is 34.4. The van der Waals surface area contributed by atoms with E-state index in [1.807, 2.05) is 0 Å². The van der Waals surface area contributed by atoms with Gasteiger partial charge < -0.3 is 9.84 Å². The standard InChI is InChI=1S/C16H12O5S/c1-10(17)22-14-8-4-12(5-9-14)16(20)21-13-6-2-11(3-7-13)15(18)19/h2-9H,1H3,(H,18,19). The Morgan fingerprint density at radius 3 is 1.95 bits per heavy atom. The molecule has 0 amide bonds. The van der Waals surface area contributed by atoms with Gasteiger partial charge in [-0.3, -0.25) is 4.79 Å². The molecule has 0 saturated heterocycles. The monoisotopic (exact) mass is 316 g/mol. The van der Waals surface area contributed by atoms with Crippen molar-refractivity contribution in [3.8, 4) is 5.75 Å². The zero-order chi connectivity index (χ0) is 16.1. The lowest BCUT2D eigenvalue weighted by Gasteiger charge is -2.05. The topological polar surface area (TPSA) is 80.7 Å². The molecule has 0 unspecified atom stereocenters. The van der Waals surface area contributed by atoms with Crippen LogP contribution in [0.2, 0.25) is 0 Å². The molecule has 1 N–H and O–H groups in total. The lowest BCUT2D eigenvalue weighted by Crippen LogP contribution is -2.08. The molecule has 0 spiro atoms. The van der Waals surface area contributed by atoms with Crippen LogP contribution in [0.15, 0.2) is 53.4 Å². The van der Waals surface area contributed by atoms with E-state index in [9.17, 15) is 14.4 Å². The third kappa shape index (κ3) is 4.20. The van der Waals surface area contributed by atoms with E-state index < -0.39 is 11.9 Å². The van der Waals surface area contributed by atoms with Crippen molar-refractivity contribution in [2.45, 2.75) is 11.8 Å². The predicted molar refractivity (Wildman–Crippen MR) is 81.3 cm³/mol. The Labute approximate surface area is 130 Å². The van der Waals surface area contributed by atoms with E-state index in [2.05, 4.69) is 0 Å². The number of aromatic carboxylic acids is 1. The fraction of sp³-hybridized carbons (Fsp3) is 0.0625. The summed E-state index contributed by atoms with van der Waals surface area (Å²) in [5, 5.41) is 8.76. The Bertz CT molecular complexity index is 704. The number of benzene rings is 2. The summed E-state index contributed by atoms with van der Waals surface area (Å²) in [6, 6.07) is 12.0. The SMILES string of the molecule is CC(=O)Sc1ccc(C(=O)Oc2ccc(C(=O)O)cc2)cc1. The molecule has 2 rings (SSSR count). The quantitative estimate of drug-likeness (QED) is 0.530. The van der Waals surface area contributed by atoms with Gasteiger partial charge in [-0.25, -0.2) is 9.59 Å². The number of ether oxygens (including phenoxy) is 1. The first-order chi connectivity index (χ1) is 10.5. The molecule has 2 aromatic rings. The first-order valence-corrected chi connectivity index (χ1v) is 7.11. The number of esters is 1. The highest BCUT2D eigenvalue weighted by Crippen LogP contribution is 2.20. The number of carbonyl (C=O) groups excluding carboxylic acids is 2. The Morgan fingerprint density at radius 1 is 0.909 bits per heavy atom. The summed E-state index contributed by atoms with van der Waals surface area (Å²) in [5.41, 5.74) is 0.459. The fourth-order valence-electron chi connectivity index (χ4n) is 1.66. The second kappa shape index (κ2) is 6.91. The predicted octanol–water partition coefficient (Wildman–Crippen LogP) is 3.24. The van der Waals surface area contributed by atoms with Gasteiger partial charge >= 0.3 is 11.9 Å². The first-order valence-electron chi connectivity index (χ1n) is 6.30. The molecular weight excluding hydrogens is 304 g/mol. The van der Waals surface area contributed by atoms with Crippen molar-refractivity contribution in [2.24, 2.45) is 0 Å². The molecule has 0 fully saturated rings. The summed E-state index contributed by atoms with van der Waals surface area (Å²) in [5.74, 6) is -1.34. The average molecular weight is 316 g/mol. The van der Waals surface area contributed by atoms with Gasteiger partial charge in [0.2, 0.25) is 0 Å². The fourth-order valence-corrected chi connectivity index (χ4v) is 2.26. The van der Waals surface area contributed by atoms with Crippen LogP contribution in [0, 0.1) is 0 Å². The van der Waals surface area contributed by atoms with Gasteiger partial charge in [0.05, 0.1) is 11.1 Å². The first kappa shape index (κ1) is 15.8. The summed E-state index contributed by atoms with van der Waals surface area (Å²) >= 11 is 1.08. The van der Waals surface area contributed by atoms with Crippen molar-refractivity contribution < 1.29 is 24.2 Å². The second-order valence-corrected chi connectivity index (χ2v) is 5.59. The number of thioether (sulfide) groups is 1. The van der Waals surface area contributed by atoms with Crippen LogP contribution in [-0.2, 0) is 4.79 Å². The molecular formula is C16H12O5S. The van der Waals surface area contributed by atoms with Gasteiger partial charge in [0, 0.05) is 11.8 Å². The number of hydrogen-bond donors (Lipinski definition) is 1. The van der Waals surface area contributed by atoms with Gasteiger partial charge in [-0.15, -0.1) is 0 Å². The smallest absolute Gasteiger partial charge is 0.343 e. The number of carboxylic acids is 1. The van der Waals surface area contributed by atoms with Gasteiger partial charge in [-0.2, -0.15) is 0 Å². The maximum atomic E-state index is 12.0. The molecule has 5 nitrogen and oxygen atoms in total. The molecule has 2 aromatic carbocycles. The highest BCUT2D eigenvalue weighted by atomic mass is 32.2. The number of carboxylic acid groups (broad SMARTS) is 1. The van der Waals surface area contributed by atoms with Crippen molar-refractivity contribution in [2.75, 3.05) is 0 Å². The molecule has 22 heavy (non-hydrogen) atoms. The molecule has 6 heteroatoms. The van der Waals surface area contributed by atoms with E-state index in [1.54, 1.807) is 24.3 Å². The van der Waals surface area contributed by atoms with E-state index in [0.717, 1.165) is 16.7 Å². The maximum absolute atomic E-state index is 12.0. The molecule has 0 bridgehead atoms. The lowest BCUT2D eigenvalue weighted by molar-refractivity contribution is -0.109. The summed E-state index contributed by atoms with van der Waals surface area (Å²) < 4.78 is 5.15. The highest BCUT2D eigenvalue weighted by molar-refractivity contribution is 8.13. The van der Waals surface area contributed by atoms with E-state index in [4.69, 9.17) is 9.84 Å². The Balaban J connectivity index is 2.05. The molecule has 0 atom stereocenters. The van der Waals surface area contributed by atoms with Crippen LogP contribution in [0.25, 0.3) is 0 Å². The van der Waals surface area contributed by atoms with E-state index in [1.165, 1.54) is 31.2 Å². The largest absolute Gasteiger partial charge is 0.478 e. The molecule has 0 heterocycles. The summed E-state index contributed by atoms with van der Waals surface area (Å²) in [6.45, 7) is 1.47. The zero-order valence-electron chi connectivity index (χ0n) is 11.6. The highest BCUT2D eigenvalue weighted by Gasteiger charge is 2.10. The number of carbonyl (C=O) groups is 3. The third-order valence-corrected chi connectivity index (χ3v) is 3.46. The normalized spacial score (nSPS) is 10.0. The molecule has 112 valence electrons. The van der Waals surface area contributed by atoms with Crippen LogP contribution in [0.1, 0.15) is 27.6 Å². The third-order valence-electron chi connectivity index (χ3n) is 2.66. The van der Waals surface area contributed by atoms with Crippen LogP contribution in [-0.4, -0.2) is 22.2 Å². The number of hydrogen-bond acceptors (Lipinski definition) is 5. The van der Waals surface area contributed by atoms with E-state index >= 15 is 0 Å². The minimum Gasteiger partial charge on any atom is -0.478 e. The molecule has 0 aromatic heterocycles. The number of rotatable bonds is 4. The molecule has 0 radical (unpaired) electrons. The summed E-state index contributed by atoms with van der Waals surface area (Å²) in [7, 11) is 0. The Morgan fingerprint density at radius 2 is 1.45 bits per heavy atom. The second-order valence-electron chi connectivity index (χ2n) is 4.34. The van der Waals surface area contributed by atoms with Gasteiger partial charge in [0.25, 0.3) is 0 Å². The van der Waals surface area contributed by atoms with Gasteiger partial charge in [0.15, 0.2) is 5.12 Å². The van der Waals surface area contributed by atoms with Gasteiger partial charge in [-0.1, -0.05) is 11.8 Å². The molecule has 0 aliphatic carbocycles. The average Bonchev–Trinajstić information content (AvgIpc) is 2.48. The molecule has 0 aliphatic rings. The van der Waals surface area contributed by atoms with Crippen LogP contribution in [0.3, 0.4) is 0 Å². The maximum Gasteiger partial charge on any atom is 0.343 e. The van der Waals surface area contributed by atoms with E-state index in [0.29, 0.717) is 5.56 Å². The van der Waals surface area contributed by atoms with Crippen molar-refractivity contribution in [3.63, 3.8) is 0 Å². The van der Waals surface area contributed by atoms with Crippen LogP contribution < -0.4 is 4.74 Å². The van der Waals surface area contributed by atoms with Crippen LogP contribution in [0.4, 0.5) is 0 Å². The van der Waals surface area contributed by atoms with Crippen molar-refractivity contribution >= 4 is 28.8 Å². The van der Waals surface area contributed by atoms with Crippen LogP contribution in [0.5, 0.6) is 5.75 Å². The van der Waals surface area contributed by atoms with Crippen molar-refractivity contribution in [3.05, 3.63) is 59.7 Å². The van der Waals surface area contributed by atoms with E-state index in [-0.39, 0.29) is 16.4 Å². The Kier molecular flexibility index (Phi) is 4.95. The molecule has 0 saturated carbocycles. The zero-order valence-corrected chi connectivity index (χ0v) is 12.4. The van der Waals surface area contributed by atoms with Crippen molar-refractivity contribution in [1.29, 1.82) is 0 Å². The van der Waals surface area contributed by atoms with Gasteiger partial charge in [-0.05, 0) is 48.5 Å². The van der Waals surface area contributed by atoms with Crippen molar-refractivity contribution in [1.82, 2.24) is 0 Å². The minimum absolute atomic E-state index is 0.0335.